The second-order valence-electron chi connectivity index (χ2n) is 7.03. The summed E-state index contributed by atoms with van der Waals surface area (Å²) in [6.45, 7) is 5.70. The molecule has 152 valence electrons. The van der Waals surface area contributed by atoms with Crippen LogP contribution < -0.4 is 0 Å². The van der Waals surface area contributed by atoms with E-state index in [1.807, 2.05) is 0 Å². The first-order valence-corrected chi connectivity index (χ1v) is 10.5. The zero-order chi connectivity index (χ0) is 19.5. The summed E-state index contributed by atoms with van der Waals surface area (Å²) < 4.78 is 10.4. The molecule has 0 spiro atoms. The van der Waals surface area contributed by atoms with Gasteiger partial charge in [-0.15, -0.1) is 0 Å². The van der Waals surface area contributed by atoms with E-state index in [4.69, 9.17) is 9.47 Å². The van der Waals surface area contributed by atoms with Crippen LogP contribution in [-0.2, 0) is 19.1 Å². The molecule has 0 radical (unpaired) electrons. The minimum atomic E-state index is -0.197. The van der Waals surface area contributed by atoms with Crippen molar-refractivity contribution in [1.29, 1.82) is 0 Å². The van der Waals surface area contributed by atoms with Gasteiger partial charge in [-0.1, -0.05) is 57.6 Å². The van der Waals surface area contributed by atoms with Gasteiger partial charge in [0.1, 0.15) is 6.10 Å². The average Bonchev–Trinajstić information content (AvgIpc) is 2.58. The first-order valence-electron chi connectivity index (χ1n) is 10.5. The zero-order valence-corrected chi connectivity index (χ0v) is 17.3. The van der Waals surface area contributed by atoms with Gasteiger partial charge in [-0.05, 0) is 44.9 Å². The standard InChI is InChI=1S/C22H40O4/c1-4-5-6-7-8-11-14-17-22(26-21(3)24)18-15-12-9-10-13-16-19-25-20(2)23/h8,11,22H,4-7,9-10,12-19H2,1-3H3. The summed E-state index contributed by atoms with van der Waals surface area (Å²) in [5.74, 6) is -0.371. The van der Waals surface area contributed by atoms with Gasteiger partial charge >= 0.3 is 11.9 Å². The molecule has 26 heavy (non-hydrogen) atoms. The van der Waals surface area contributed by atoms with Gasteiger partial charge in [0, 0.05) is 13.8 Å². The average molecular weight is 369 g/mol. The van der Waals surface area contributed by atoms with E-state index in [0.29, 0.717) is 6.61 Å². The molecule has 0 bridgehead atoms. The Kier molecular flexibility index (Phi) is 17.5. The Balaban J connectivity index is 3.70. The van der Waals surface area contributed by atoms with Gasteiger partial charge in [0.2, 0.25) is 0 Å². The van der Waals surface area contributed by atoms with Gasteiger partial charge in [0.05, 0.1) is 6.61 Å². The summed E-state index contributed by atoms with van der Waals surface area (Å²) >= 11 is 0. The summed E-state index contributed by atoms with van der Waals surface area (Å²) in [4.78, 5) is 21.9. The van der Waals surface area contributed by atoms with Crippen LogP contribution in [-0.4, -0.2) is 24.6 Å². The highest BCUT2D eigenvalue weighted by Crippen LogP contribution is 2.15. The van der Waals surface area contributed by atoms with E-state index in [9.17, 15) is 9.59 Å². The lowest BCUT2D eigenvalue weighted by atomic mass is 10.0. The molecule has 0 aliphatic rings. The fourth-order valence-electron chi connectivity index (χ4n) is 2.92. The predicted octanol–water partition coefficient (Wildman–Crippen LogP) is 6.13. The van der Waals surface area contributed by atoms with Crippen LogP contribution in [0.4, 0.5) is 0 Å². The van der Waals surface area contributed by atoms with Crippen LogP contribution in [0.3, 0.4) is 0 Å². The monoisotopic (exact) mass is 368 g/mol. The molecule has 0 aromatic carbocycles. The molecule has 4 heteroatoms. The maximum absolute atomic E-state index is 11.3. The SMILES string of the molecule is CCCCCC=CCCC(CCCCCCCCOC(C)=O)OC(C)=O. The molecule has 0 aromatic heterocycles. The molecule has 0 N–H and O–H groups in total. The molecule has 1 unspecified atom stereocenters. The topological polar surface area (TPSA) is 52.6 Å². The number of carbonyl (C=O) groups excluding carboxylic acids is 2. The molecule has 0 aliphatic heterocycles. The number of hydrogen-bond acceptors (Lipinski definition) is 4. The van der Waals surface area contributed by atoms with Crippen LogP contribution in [0, 0.1) is 0 Å². The van der Waals surface area contributed by atoms with Crippen LogP contribution in [0.5, 0.6) is 0 Å². The lowest BCUT2D eigenvalue weighted by molar-refractivity contribution is -0.147. The zero-order valence-electron chi connectivity index (χ0n) is 17.3. The maximum Gasteiger partial charge on any atom is 0.302 e. The van der Waals surface area contributed by atoms with E-state index in [-0.39, 0.29) is 18.0 Å². The highest BCUT2D eigenvalue weighted by Gasteiger charge is 2.10. The number of hydrogen-bond donors (Lipinski definition) is 0. The van der Waals surface area contributed by atoms with Crippen molar-refractivity contribution < 1.29 is 19.1 Å². The van der Waals surface area contributed by atoms with E-state index >= 15 is 0 Å². The number of allylic oxidation sites excluding steroid dienone is 2. The van der Waals surface area contributed by atoms with Crippen molar-refractivity contribution in [2.75, 3.05) is 6.61 Å². The molecule has 0 aromatic rings. The second-order valence-corrected chi connectivity index (χ2v) is 7.03. The number of rotatable bonds is 17. The number of ether oxygens (including phenoxy) is 2. The fourth-order valence-corrected chi connectivity index (χ4v) is 2.92. The van der Waals surface area contributed by atoms with E-state index in [2.05, 4.69) is 19.1 Å². The largest absolute Gasteiger partial charge is 0.466 e. The molecule has 0 rings (SSSR count). The molecule has 1 atom stereocenters. The molecular formula is C22H40O4. The Bertz CT molecular complexity index is 376. The lowest BCUT2D eigenvalue weighted by Crippen LogP contribution is -2.16. The maximum atomic E-state index is 11.3. The summed E-state index contributed by atoms with van der Waals surface area (Å²) in [6, 6.07) is 0. The smallest absolute Gasteiger partial charge is 0.302 e. The number of esters is 2. The Labute approximate surface area is 160 Å². The minimum Gasteiger partial charge on any atom is -0.466 e. The molecule has 0 fully saturated rings. The van der Waals surface area contributed by atoms with Gasteiger partial charge in [0.25, 0.3) is 0 Å². The quantitative estimate of drug-likeness (QED) is 0.176. The molecule has 0 amide bonds. The summed E-state index contributed by atoms with van der Waals surface area (Å²) in [7, 11) is 0. The fraction of sp³-hybridized carbons (Fsp3) is 0.818. The lowest BCUT2D eigenvalue weighted by Gasteiger charge is -2.16. The van der Waals surface area contributed by atoms with Gasteiger partial charge in [-0.2, -0.15) is 0 Å². The molecule has 4 nitrogen and oxygen atoms in total. The third-order valence-electron chi connectivity index (χ3n) is 4.35. The Hall–Kier alpha value is -1.32. The van der Waals surface area contributed by atoms with Crippen molar-refractivity contribution in [1.82, 2.24) is 0 Å². The van der Waals surface area contributed by atoms with Crippen molar-refractivity contribution in [2.24, 2.45) is 0 Å². The Morgan fingerprint density at radius 1 is 0.769 bits per heavy atom. The van der Waals surface area contributed by atoms with Gasteiger partial charge in [-0.25, -0.2) is 0 Å². The highest BCUT2D eigenvalue weighted by molar-refractivity contribution is 5.66. The third-order valence-corrected chi connectivity index (χ3v) is 4.35. The van der Waals surface area contributed by atoms with Crippen molar-refractivity contribution in [3.05, 3.63) is 12.2 Å². The van der Waals surface area contributed by atoms with Crippen LogP contribution in [0.1, 0.15) is 104 Å². The second kappa shape index (κ2) is 18.5. The van der Waals surface area contributed by atoms with Crippen LogP contribution >= 0.6 is 0 Å². The molecule has 0 aliphatic carbocycles. The van der Waals surface area contributed by atoms with Gasteiger partial charge < -0.3 is 9.47 Å². The number of carbonyl (C=O) groups is 2. The van der Waals surface area contributed by atoms with Gasteiger partial charge in [-0.3, -0.25) is 9.59 Å². The first kappa shape index (κ1) is 24.7. The van der Waals surface area contributed by atoms with E-state index in [0.717, 1.165) is 51.4 Å². The van der Waals surface area contributed by atoms with Gasteiger partial charge in [0.15, 0.2) is 0 Å². The normalized spacial score (nSPS) is 12.3. The first-order chi connectivity index (χ1) is 12.6. The third kappa shape index (κ3) is 19.0. The molecule has 0 heterocycles. The van der Waals surface area contributed by atoms with Crippen molar-refractivity contribution in [3.8, 4) is 0 Å². The predicted molar refractivity (Wildman–Crippen MR) is 107 cm³/mol. The number of unbranched alkanes of at least 4 members (excludes halogenated alkanes) is 8. The summed E-state index contributed by atoms with van der Waals surface area (Å²) in [5, 5.41) is 0. The van der Waals surface area contributed by atoms with E-state index < -0.39 is 0 Å². The molecule has 0 saturated carbocycles. The summed E-state index contributed by atoms with van der Waals surface area (Å²) in [5.41, 5.74) is 0. The van der Waals surface area contributed by atoms with Crippen molar-refractivity contribution >= 4 is 11.9 Å². The summed E-state index contributed by atoms with van der Waals surface area (Å²) in [6.07, 6.45) is 19.0. The van der Waals surface area contributed by atoms with Crippen LogP contribution in [0.2, 0.25) is 0 Å². The Morgan fingerprint density at radius 2 is 1.42 bits per heavy atom. The van der Waals surface area contributed by atoms with Crippen LogP contribution in [0.25, 0.3) is 0 Å². The van der Waals surface area contributed by atoms with Crippen LogP contribution in [0.15, 0.2) is 12.2 Å². The molecular weight excluding hydrogens is 328 g/mol. The van der Waals surface area contributed by atoms with E-state index in [1.165, 1.54) is 46.0 Å². The minimum absolute atomic E-state index is 0.0526. The molecule has 0 saturated heterocycles. The van der Waals surface area contributed by atoms with Crippen molar-refractivity contribution in [2.45, 2.75) is 110 Å². The van der Waals surface area contributed by atoms with E-state index in [1.54, 1.807) is 0 Å². The highest BCUT2D eigenvalue weighted by atomic mass is 16.5. The van der Waals surface area contributed by atoms with Crippen molar-refractivity contribution in [3.63, 3.8) is 0 Å². The Morgan fingerprint density at radius 3 is 2.08 bits per heavy atom.